The van der Waals surface area contributed by atoms with Crippen molar-refractivity contribution in [3.05, 3.63) is 40.4 Å². The van der Waals surface area contributed by atoms with Gasteiger partial charge in [0.2, 0.25) is 0 Å². The molecule has 82 valence electrons. The van der Waals surface area contributed by atoms with Gasteiger partial charge in [-0.2, -0.15) is 0 Å². The van der Waals surface area contributed by atoms with Crippen LogP contribution < -0.4 is 0 Å². The Balaban J connectivity index is 2.23. The Morgan fingerprint density at radius 2 is 1.80 bits per heavy atom. The third kappa shape index (κ3) is 5.78. The molecule has 0 aliphatic carbocycles. The molecule has 0 N–H and O–H groups in total. The van der Waals surface area contributed by atoms with Gasteiger partial charge >= 0.3 is 0 Å². The van der Waals surface area contributed by atoms with Crippen LogP contribution in [0.2, 0.25) is 0 Å². The second-order valence-corrected chi connectivity index (χ2v) is 4.72. The van der Waals surface area contributed by atoms with Crippen LogP contribution >= 0.6 is 15.9 Å². The molecule has 0 saturated heterocycles. The fourth-order valence-corrected chi connectivity index (χ4v) is 1.75. The van der Waals surface area contributed by atoms with Crippen molar-refractivity contribution >= 4 is 22.0 Å². The topological polar surface area (TPSA) is 0 Å². The lowest BCUT2D eigenvalue weighted by molar-refractivity contribution is 0.675. The molecule has 0 heterocycles. The van der Waals surface area contributed by atoms with Gasteiger partial charge in [-0.05, 0) is 30.5 Å². The summed E-state index contributed by atoms with van der Waals surface area (Å²) in [4.78, 5) is 0. The molecule has 0 aliphatic heterocycles. The van der Waals surface area contributed by atoms with Crippen molar-refractivity contribution in [3.63, 3.8) is 0 Å². The molecule has 0 bridgehead atoms. The van der Waals surface area contributed by atoms with E-state index in [1.807, 2.05) is 0 Å². The van der Waals surface area contributed by atoms with E-state index in [0.29, 0.717) is 0 Å². The highest BCUT2D eigenvalue weighted by Gasteiger charge is 1.87. The number of allylic oxidation sites excluding steroid dienone is 1. The van der Waals surface area contributed by atoms with E-state index in [2.05, 4.69) is 59.3 Å². The number of benzene rings is 1. The summed E-state index contributed by atoms with van der Waals surface area (Å²) in [5.41, 5.74) is 1.29. The van der Waals surface area contributed by atoms with E-state index < -0.39 is 0 Å². The summed E-state index contributed by atoms with van der Waals surface area (Å²) in [7, 11) is 0. The summed E-state index contributed by atoms with van der Waals surface area (Å²) in [5, 5.41) is 0. The van der Waals surface area contributed by atoms with Gasteiger partial charge in [0.15, 0.2) is 0 Å². The van der Waals surface area contributed by atoms with E-state index >= 15 is 0 Å². The quantitative estimate of drug-likeness (QED) is 0.602. The second-order valence-electron chi connectivity index (χ2n) is 3.80. The zero-order chi connectivity index (χ0) is 10.9. The highest BCUT2D eigenvalue weighted by Crippen LogP contribution is 2.12. The van der Waals surface area contributed by atoms with Crippen LogP contribution in [0.3, 0.4) is 0 Å². The highest BCUT2D eigenvalue weighted by atomic mass is 79.9. The third-order valence-electron chi connectivity index (χ3n) is 2.40. The monoisotopic (exact) mass is 266 g/mol. The van der Waals surface area contributed by atoms with E-state index in [4.69, 9.17) is 0 Å². The van der Waals surface area contributed by atoms with Crippen LogP contribution in [0.15, 0.2) is 34.8 Å². The van der Waals surface area contributed by atoms with Crippen molar-refractivity contribution < 1.29 is 0 Å². The zero-order valence-corrected chi connectivity index (χ0v) is 11.0. The lowest BCUT2D eigenvalue weighted by atomic mass is 10.1. The molecule has 0 radical (unpaired) electrons. The minimum absolute atomic E-state index is 1.14. The molecule has 0 aromatic heterocycles. The molecule has 0 unspecified atom stereocenters. The van der Waals surface area contributed by atoms with E-state index in [1.165, 1.54) is 37.7 Å². The summed E-state index contributed by atoms with van der Waals surface area (Å²) in [5.74, 6) is 0. The molecule has 0 atom stereocenters. The molecular weight excluding hydrogens is 248 g/mol. The summed E-state index contributed by atoms with van der Waals surface area (Å²) in [6.07, 6.45) is 11.1. The first-order valence-corrected chi connectivity index (χ1v) is 6.54. The molecule has 0 saturated carbocycles. The fourth-order valence-electron chi connectivity index (χ4n) is 1.48. The van der Waals surface area contributed by atoms with Gasteiger partial charge in [-0.15, -0.1) is 0 Å². The van der Waals surface area contributed by atoms with Gasteiger partial charge in [0.05, 0.1) is 0 Å². The third-order valence-corrected chi connectivity index (χ3v) is 2.93. The summed E-state index contributed by atoms with van der Waals surface area (Å²) in [6, 6.07) is 8.42. The Kier molecular flexibility index (Phi) is 6.42. The lowest BCUT2D eigenvalue weighted by Gasteiger charge is -1.95. The second kappa shape index (κ2) is 7.70. The Labute approximate surface area is 102 Å². The molecule has 1 rings (SSSR count). The maximum Gasteiger partial charge on any atom is 0.0175 e. The standard InChI is InChI=1S/C14H19Br/c1-2-3-4-5-6-7-8-13-9-11-14(15)12-10-13/h7-12H,2-6H2,1H3/b8-7+. The Morgan fingerprint density at radius 1 is 1.07 bits per heavy atom. The van der Waals surface area contributed by atoms with Crippen molar-refractivity contribution in [2.24, 2.45) is 0 Å². The van der Waals surface area contributed by atoms with Crippen LogP contribution in [-0.2, 0) is 0 Å². The first-order chi connectivity index (χ1) is 7.33. The molecule has 1 aromatic rings. The summed E-state index contributed by atoms with van der Waals surface area (Å²) < 4.78 is 1.14. The van der Waals surface area contributed by atoms with Crippen LogP contribution in [0.1, 0.15) is 44.6 Å². The normalized spacial score (nSPS) is 11.1. The average molecular weight is 267 g/mol. The minimum Gasteiger partial charge on any atom is -0.0839 e. The van der Waals surface area contributed by atoms with E-state index in [0.717, 1.165) is 4.47 Å². The maximum absolute atomic E-state index is 3.43. The number of halogens is 1. The molecule has 0 spiro atoms. The average Bonchev–Trinajstić information content (AvgIpc) is 2.26. The Bertz CT molecular complexity index is 285. The first-order valence-electron chi connectivity index (χ1n) is 5.75. The summed E-state index contributed by atoms with van der Waals surface area (Å²) in [6.45, 7) is 2.25. The van der Waals surface area contributed by atoms with Crippen LogP contribution in [0.25, 0.3) is 6.08 Å². The molecule has 1 aromatic carbocycles. The van der Waals surface area contributed by atoms with Crippen LogP contribution in [0, 0.1) is 0 Å². The zero-order valence-electron chi connectivity index (χ0n) is 9.38. The lowest BCUT2D eigenvalue weighted by Crippen LogP contribution is -1.74. The van der Waals surface area contributed by atoms with Crippen molar-refractivity contribution in [1.82, 2.24) is 0 Å². The van der Waals surface area contributed by atoms with Gasteiger partial charge in [-0.1, -0.05) is 66.4 Å². The van der Waals surface area contributed by atoms with Crippen molar-refractivity contribution in [3.8, 4) is 0 Å². The van der Waals surface area contributed by atoms with Crippen LogP contribution in [0.5, 0.6) is 0 Å². The highest BCUT2D eigenvalue weighted by molar-refractivity contribution is 9.10. The van der Waals surface area contributed by atoms with Crippen molar-refractivity contribution in [2.45, 2.75) is 39.0 Å². The smallest absolute Gasteiger partial charge is 0.0175 e. The predicted molar refractivity (Wildman–Crippen MR) is 71.9 cm³/mol. The molecule has 0 aliphatic rings. The van der Waals surface area contributed by atoms with E-state index in [1.54, 1.807) is 0 Å². The Hall–Kier alpha value is -0.560. The molecular formula is C14H19Br. The summed E-state index contributed by atoms with van der Waals surface area (Å²) >= 11 is 3.43. The molecule has 0 fully saturated rings. The SMILES string of the molecule is CCCCCC/C=C/c1ccc(Br)cc1. The van der Waals surface area contributed by atoms with Gasteiger partial charge in [0, 0.05) is 4.47 Å². The predicted octanol–water partition coefficient (Wildman–Crippen LogP) is 5.43. The van der Waals surface area contributed by atoms with Crippen LogP contribution in [0.4, 0.5) is 0 Å². The molecule has 15 heavy (non-hydrogen) atoms. The van der Waals surface area contributed by atoms with Gasteiger partial charge in [0.25, 0.3) is 0 Å². The number of rotatable bonds is 6. The van der Waals surface area contributed by atoms with Crippen molar-refractivity contribution in [1.29, 1.82) is 0 Å². The van der Waals surface area contributed by atoms with E-state index in [-0.39, 0.29) is 0 Å². The largest absolute Gasteiger partial charge is 0.0839 e. The minimum atomic E-state index is 1.14. The van der Waals surface area contributed by atoms with E-state index in [9.17, 15) is 0 Å². The van der Waals surface area contributed by atoms with Gasteiger partial charge in [-0.25, -0.2) is 0 Å². The van der Waals surface area contributed by atoms with Crippen LogP contribution in [-0.4, -0.2) is 0 Å². The van der Waals surface area contributed by atoms with Crippen molar-refractivity contribution in [2.75, 3.05) is 0 Å². The van der Waals surface area contributed by atoms with Gasteiger partial charge in [0.1, 0.15) is 0 Å². The number of hydrogen-bond donors (Lipinski definition) is 0. The molecule has 0 amide bonds. The Morgan fingerprint density at radius 3 is 2.47 bits per heavy atom. The fraction of sp³-hybridized carbons (Fsp3) is 0.429. The molecule has 1 heteroatoms. The van der Waals surface area contributed by atoms with Gasteiger partial charge in [-0.3, -0.25) is 0 Å². The first kappa shape index (κ1) is 12.5. The van der Waals surface area contributed by atoms with Gasteiger partial charge < -0.3 is 0 Å². The number of hydrogen-bond acceptors (Lipinski definition) is 0. The molecule has 0 nitrogen and oxygen atoms in total. The number of unbranched alkanes of at least 4 members (excludes halogenated alkanes) is 4. The maximum atomic E-state index is 3.43.